The predicted molar refractivity (Wildman–Crippen MR) is 113 cm³/mol. The first-order chi connectivity index (χ1) is 13.9. The topological polar surface area (TPSA) is 85.1 Å². The molecule has 0 unspecified atom stereocenters. The van der Waals surface area contributed by atoms with E-state index >= 15 is 0 Å². The third kappa shape index (κ3) is 4.29. The van der Waals surface area contributed by atoms with Crippen molar-refractivity contribution in [3.05, 3.63) is 76.7 Å². The minimum Gasteiger partial charge on any atom is -0.333 e. The summed E-state index contributed by atoms with van der Waals surface area (Å²) in [5, 5.41) is 4.00. The highest BCUT2D eigenvalue weighted by Gasteiger charge is 2.22. The van der Waals surface area contributed by atoms with Crippen LogP contribution in [0.1, 0.15) is 16.0 Å². The van der Waals surface area contributed by atoms with Crippen molar-refractivity contribution in [3.8, 4) is 22.2 Å². The van der Waals surface area contributed by atoms with Crippen LogP contribution < -0.4 is 4.72 Å². The van der Waals surface area contributed by atoms with Gasteiger partial charge < -0.3 is 4.52 Å². The third-order valence-electron chi connectivity index (χ3n) is 4.38. The second kappa shape index (κ2) is 7.90. The molecule has 6 nitrogen and oxygen atoms in total. The van der Waals surface area contributed by atoms with Crippen molar-refractivity contribution in [1.29, 1.82) is 0 Å². The van der Waals surface area contributed by atoms with Crippen LogP contribution in [0.4, 0.5) is 0 Å². The molecule has 148 valence electrons. The summed E-state index contributed by atoms with van der Waals surface area (Å²) in [6, 6.07) is 18.8. The van der Waals surface area contributed by atoms with Gasteiger partial charge in [0.25, 0.3) is 5.89 Å². The molecular weight excluding hydrogens is 406 g/mol. The number of aromatic nitrogens is 2. The van der Waals surface area contributed by atoms with Gasteiger partial charge in [0, 0.05) is 17.0 Å². The first-order valence-corrected chi connectivity index (χ1v) is 11.3. The Balaban J connectivity index is 1.57. The number of aryl methyl sites for hydroxylation is 2. The van der Waals surface area contributed by atoms with Crippen molar-refractivity contribution in [3.63, 3.8) is 0 Å². The lowest BCUT2D eigenvalue weighted by Crippen LogP contribution is -2.23. The first-order valence-electron chi connectivity index (χ1n) is 8.97. The minimum absolute atomic E-state index is 0.226. The van der Waals surface area contributed by atoms with Gasteiger partial charge in [-0.3, -0.25) is 0 Å². The van der Waals surface area contributed by atoms with E-state index in [1.165, 1.54) is 11.3 Å². The van der Waals surface area contributed by atoms with Crippen molar-refractivity contribution in [2.24, 2.45) is 0 Å². The molecule has 1 N–H and O–H groups in total. The summed E-state index contributed by atoms with van der Waals surface area (Å²) in [7, 11) is -3.66. The number of hydrogen-bond donors (Lipinski definition) is 1. The maximum Gasteiger partial charge on any atom is 0.268 e. The lowest BCUT2D eigenvalue weighted by molar-refractivity contribution is 0.433. The van der Waals surface area contributed by atoms with Crippen molar-refractivity contribution in [1.82, 2.24) is 14.9 Å². The van der Waals surface area contributed by atoms with E-state index in [0.717, 1.165) is 16.7 Å². The van der Waals surface area contributed by atoms with E-state index in [-0.39, 0.29) is 11.4 Å². The lowest BCUT2D eigenvalue weighted by atomic mass is 10.1. The van der Waals surface area contributed by atoms with Gasteiger partial charge in [0.05, 0.1) is 9.77 Å². The van der Waals surface area contributed by atoms with Crippen molar-refractivity contribution in [2.75, 3.05) is 0 Å². The van der Waals surface area contributed by atoms with Gasteiger partial charge in [-0.05, 0) is 25.5 Å². The molecule has 0 aliphatic rings. The van der Waals surface area contributed by atoms with Crippen molar-refractivity contribution in [2.45, 2.75) is 25.3 Å². The molecule has 29 heavy (non-hydrogen) atoms. The molecule has 0 aliphatic carbocycles. The summed E-state index contributed by atoms with van der Waals surface area (Å²) in [5.74, 6) is 0.769. The molecule has 0 saturated heterocycles. The highest BCUT2D eigenvalue weighted by atomic mass is 32.2. The molecule has 4 rings (SSSR count). The van der Waals surface area contributed by atoms with E-state index in [4.69, 9.17) is 4.52 Å². The Kier molecular flexibility index (Phi) is 5.31. The Labute approximate surface area is 173 Å². The Hall–Kier alpha value is -2.81. The standard InChI is InChI=1S/C21H19N3O3S2/c1-14-7-6-8-16(11-14)13-22-29(25,26)19-12-18(28-15(19)2)21-23-20(24-27-21)17-9-4-3-5-10-17/h3-12,22H,13H2,1-2H3. The first kappa shape index (κ1) is 19.5. The van der Waals surface area contributed by atoms with Crippen LogP contribution in [0.15, 0.2) is 70.1 Å². The second-order valence-corrected chi connectivity index (χ2v) is 9.63. The average molecular weight is 426 g/mol. The molecule has 0 fully saturated rings. The molecule has 0 bridgehead atoms. The summed E-state index contributed by atoms with van der Waals surface area (Å²) in [5.41, 5.74) is 2.83. The number of rotatable bonds is 6. The molecule has 4 aromatic rings. The fourth-order valence-corrected chi connectivity index (χ4v) is 5.47. The highest BCUT2D eigenvalue weighted by Crippen LogP contribution is 2.33. The highest BCUT2D eigenvalue weighted by molar-refractivity contribution is 7.89. The molecule has 0 radical (unpaired) electrons. The van der Waals surface area contributed by atoms with E-state index in [1.54, 1.807) is 13.0 Å². The summed E-state index contributed by atoms with van der Waals surface area (Å²) >= 11 is 1.31. The minimum atomic E-state index is -3.66. The van der Waals surface area contributed by atoms with Gasteiger partial charge >= 0.3 is 0 Å². The Morgan fingerprint density at radius 1 is 1.03 bits per heavy atom. The number of benzene rings is 2. The van der Waals surface area contributed by atoms with Gasteiger partial charge in [0.1, 0.15) is 0 Å². The van der Waals surface area contributed by atoms with Gasteiger partial charge in [-0.15, -0.1) is 11.3 Å². The summed E-state index contributed by atoms with van der Waals surface area (Å²) < 4.78 is 33.7. The SMILES string of the molecule is Cc1cccc(CNS(=O)(=O)c2cc(-c3nc(-c4ccccc4)no3)sc2C)c1. The fourth-order valence-electron chi connectivity index (χ4n) is 2.94. The van der Waals surface area contributed by atoms with Crippen LogP contribution in [0.5, 0.6) is 0 Å². The zero-order chi connectivity index (χ0) is 20.4. The zero-order valence-electron chi connectivity index (χ0n) is 15.9. The molecule has 0 spiro atoms. The van der Waals surface area contributed by atoms with Crippen LogP contribution >= 0.6 is 11.3 Å². The maximum atomic E-state index is 12.8. The van der Waals surface area contributed by atoms with Crippen LogP contribution in [0.3, 0.4) is 0 Å². The summed E-state index contributed by atoms with van der Waals surface area (Å²) in [6.07, 6.45) is 0. The van der Waals surface area contributed by atoms with Gasteiger partial charge in [-0.1, -0.05) is 65.3 Å². The molecule has 2 heterocycles. The van der Waals surface area contributed by atoms with Crippen molar-refractivity contribution >= 4 is 21.4 Å². The Morgan fingerprint density at radius 3 is 2.59 bits per heavy atom. The average Bonchev–Trinajstić information content (AvgIpc) is 3.34. The smallest absolute Gasteiger partial charge is 0.268 e. The van der Waals surface area contributed by atoms with Crippen LogP contribution in [0, 0.1) is 13.8 Å². The molecule has 2 aromatic heterocycles. The molecule has 0 saturated carbocycles. The maximum absolute atomic E-state index is 12.8. The van der Waals surface area contributed by atoms with Crippen LogP contribution in [-0.2, 0) is 16.6 Å². The van der Waals surface area contributed by atoms with E-state index in [9.17, 15) is 8.42 Å². The third-order valence-corrected chi connectivity index (χ3v) is 7.07. The lowest BCUT2D eigenvalue weighted by Gasteiger charge is -2.07. The largest absolute Gasteiger partial charge is 0.333 e. The predicted octanol–water partition coefficient (Wildman–Crippen LogP) is 4.56. The molecule has 0 atom stereocenters. The van der Waals surface area contributed by atoms with E-state index in [1.807, 2.05) is 61.5 Å². The normalized spacial score (nSPS) is 11.7. The fraction of sp³-hybridized carbons (Fsp3) is 0.143. The van der Waals surface area contributed by atoms with E-state index in [2.05, 4.69) is 14.9 Å². The zero-order valence-corrected chi connectivity index (χ0v) is 17.5. The van der Waals surface area contributed by atoms with Gasteiger partial charge in [-0.2, -0.15) is 4.98 Å². The number of nitrogens with zero attached hydrogens (tertiary/aromatic N) is 2. The molecule has 0 aliphatic heterocycles. The van der Waals surface area contributed by atoms with Crippen LogP contribution in [-0.4, -0.2) is 18.6 Å². The summed E-state index contributed by atoms with van der Waals surface area (Å²) in [4.78, 5) is 5.92. The van der Waals surface area contributed by atoms with Gasteiger partial charge in [0.2, 0.25) is 15.8 Å². The van der Waals surface area contributed by atoms with Crippen molar-refractivity contribution < 1.29 is 12.9 Å². The second-order valence-electron chi connectivity index (χ2n) is 6.63. The van der Waals surface area contributed by atoms with Gasteiger partial charge in [0.15, 0.2) is 0 Å². The number of hydrogen-bond acceptors (Lipinski definition) is 6. The van der Waals surface area contributed by atoms with E-state index in [0.29, 0.717) is 21.5 Å². The monoisotopic (exact) mass is 425 g/mol. The quantitative estimate of drug-likeness (QED) is 0.489. The molecule has 2 aromatic carbocycles. The Bertz CT molecular complexity index is 1250. The number of nitrogens with one attached hydrogen (secondary N) is 1. The number of sulfonamides is 1. The van der Waals surface area contributed by atoms with Crippen LogP contribution in [0.2, 0.25) is 0 Å². The molecule has 8 heteroatoms. The molecule has 0 amide bonds. The van der Waals surface area contributed by atoms with Crippen LogP contribution in [0.25, 0.3) is 22.2 Å². The number of thiophene rings is 1. The van der Waals surface area contributed by atoms with E-state index < -0.39 is 10.0 Å². The van der Waals surface area contributed by atoms with Gasteiger partial charge in [-0.25, -0.2) is 13.1 Å². The Morgan fingerprint density at radius 2 is 1.83 bits per heavy atom. The molecular formula is C21H19N3O3S2. The summed E-state index contributed by atoms with van der Waals surface area (Å²) in [6.45, 7) is 3.97.